The number of aromatic hydroxyl groups is 1. The zero-order valence-corrected chi connectivity index (χ0v) is 17.3. The number of unbranched alkanes of at least 4 members (excludes halogenated alkanes) is 13. The van der Waals surface area contributed by atoms with Crippen LogP contribution in [0.25, 0.3) is 0 Å². The van der Waals surface area contributed by atoms with Crippen LogP contribution >= 0.6 is 12.6 Å². The fourth-order valence-electron chi connectivity index (χ4n) is 3.40. The number of phenols is 1. The van der Waals surface area contributed by atoms with Crippen molar-refractivity contribution in [3.05, 3.63) is 29.8 Å². The van der Waals surface area contributed by atoms with E-state index in [9.17, 15) is 5.11 Å². The zero-order valence-electron chi connectivity index (χ0n) is 16.4. The van der Waals surface area contributed by atoms with Gasteiger partial charge >= 0.3 is 0 Å². The Balaban J connectivity index is 1.83. The molecule has 0 aliphatic carbocycles. The predicted molar refractivity (Wildman–Crippen MR) is 115 cm³/mol. The molecular formula is C23H40OS. The largest absolute Gasteiger partial charge is 0.508 e. The fourth-order valence-corrected chi connectivity index (χ4v) is 3.75. The average Bonchev–Trinajstić information content (AvgIpc) is 2.62. The molecule has 0 aliphatic heterocycles. The molecule has 1 unspecified atom stereocenters. The predicted octanol–water partition coefficient (Wildman–Crippen LogP) is 8.23. The highest BCUT2D eigenvalue weighted by atomic mass is 32.1. The minimum atomic E-state index is 0.304. The topological polar surface area (TPSA) is 20.2 Å². The molecule has 0 radical (unpaired) electrons. The maximum absolute atomic E-state index is 9.32. The highest BCUT2D eigenvalue weighted by molar-refractivity contribution is 7.80. The smallest absolute Gasteiger partial charge is 0.115 e. The minimum absolute atomic E-state index is 0.304. The Morgan fingerprint density at radius 2 is 1.08 bits per heavy atom. The number of thiol groups is 1. The lowest BCUT2D eigenvalue weighted by Crippen LogP contribution is -1.91. The maximum Gasteiger partial charge on any atom is 0.115 e. The fraction of sp³-hybridized carbons (Fsp3) is 0.739. The van der Waals surface area contributed by atoms with Crippen LogP contribution in [0.5, 0.6) is 5.75 Å². The molecular weight excluding hydrogens is 324 g/mol. The summed E-state index contributed by atoms with van der Waals surface area (Å²) in [4.78, 5) is 0. The van der Waals surface area contributed by atoms with Crippen molar-refractivity contribution in [3.8, 4) is 5.75 Å². The van der Waals surface area contributed by atoms with E-state index < -0.39 is 0 Å². The Labute approximate surface area is 162 Å². The monoisotopic (exact) mass is 364 g/mol. The van der Waals surface area contributed by atoms with Gasteiger partial charge in [-0.05, 0) is 24.1 Å². The molecule has 25 heavy (non-hydrogen) atoms. The molecule has 2 heteroatoms. The normalized spacial score (nSPS) is 12.4. The number of hydrogen-bond donors (Lipinski definition) is 2. The number of rotatable bonds is 16. The van der Waals surface area contributed by atoms with Gasteiger partial charge in [-0.1, -0.05) is 109 Å². The van der Waals surface area contributed by atoms with E-state index in [2.05, 4.69) is 19.6 Å². The third-order valence-corrected chi connectivity index (χ3v) is 5.67. The van der Waals surface area contributed by atoms with Crippen LogP contribution in [0.4, 0.5) is 0 Å². The van der Waals surface area contributed by atoms with Crippen molar-refractivity contribution in [1.29, 1.82) is 0 Å². The summed E-state index contributed by atoms with van der Waals surface area (Å²) in [5.74, 6) is 0.334. The van der Waals surface area contributed by atoms with E-state index in [1.807, 2.05) is 12.1 Å². The van der Waals surface area contributed by atoms with Crippen LogP contribution in [0, 0.1) is 0 Å². The lowest BCUT2D eigenvalue weighted by Gasteiger charge is -2.11. The van der Waals surface area contributed by atoms with Gasteiger partial charge in [-0.3, -0.25) is 0 Å². The molecule has 0 spiro atoms. The van der Waals surface area contributed by atoms with Crippen molar-refractivity contribution in [1.82, 2.24) is 0 Å². The Bertz CT molecular complexity index is 401. The second-order valence-electron chi connectivity index (χ2n) is 7.49. The first-order chi connectivity index (χ1) is 12.2. The van der Waals surface area contributed by atoms with Gasteiger partial charge in [-0.15, -0.1) is 0 Å². The van der Waals surface area contributed by atoms with Gasteiger partial charge in [-0.2, -0.15) is 12.6 Å². The van der Waals surface area contributed by atoms with Crippen LogP contribution in [0.15, 0.2) is 24.3 Å². The van der Waals surface area contributed by atoms with E-state index in [1.165, 1.54) is 95.5 Å². The SMILES string of the molecule is CCCCCCCCCCCCCCCCC(S)c1ccc(O)cc1. The van der Waals surface area contributed by atoms with Crippen molar-refractivity contribution in [2.75, 3.05) is 0 Å². The number of hydrogen-bond acceptors (Lipinski definition) is 2. The van der Waals surface area contributed by atoms with Crippen molar-refractivity contribution in [2.24, 2.45) is 0 Å². The highest BCUT2D eigenvalue weighted by Crippen LogP contribution is 2.27. The average molecular weight is 365 g/mol. The van der Waals surface area contributed by atoms with Crippen LogP contribution < -0.4 is 0 Å². The second-order valence-corrected chi connectivity index (χ2v) is 8.12. The van der Waals surface area contributed by atoms with Crippen LogP contribution in [0.1, 0.15) is 114 Å². The van der Waals surface area contributed by atoms with Crippen molar-refractivity contribution in [3.63, 3.8) is 0 Å². The number of benzene rings is 1. The van der Waals surface area contributed by atoms with E-state index in [4.69, 9.17) is 0 Å². The van der Waals surface area contributed by atoms with Gasteiger partial charge in [-0.25, -0.2) is 0 Å². The molecule has 1 atom stereocenters. The molecule has 0 saturated heterocycles. The summed E-state index contributed by atoms with van der Waals surface area (Å²) >= 11 is 4.69. The molecule has 0 aliphatic rings. The van der Waals surface area contributed by atoms with E-state index in [0.29, 0.717) is 11.0 Å². The van der Waals surface area contributed by atoms with Crippen molar-refractivity contribution < 1.29 is 5.11 Å². The first-order valence-electron chi connectivity index (χ1n) is 10.7. The van der Waals surface area contributed by atoms with Gasteiger partial charge < -0.3 is 5.11 Å². The molecule has 0 heterocycles. The van der Waals surface area contributed by atoms with Gasteiger partial charge in [0, 0.05) is 5.25 Å². The van der Waals surface area contributed by atoms with Gasteiger partial charge in [0.05, 0.1) is 0 Å². The quantitative estimate of drug-likeness (QED) is 0.223. The lowest BCUT2D eigenvalue weighted by atomic mass is 10.0. The second kappa shape index (κ2) is 15.6. The van der Waals surface area contributed by atoms with Gasteiger partial charge in [0.2, 0.25) is 0 Å². The van der Waals surface area contributed by atoms with Gasteiger partial charge in [0.1, 0.15) is 5.75 Å². The van der Waals surface area contributed by atoms with E-state index in [-0.39, 0.29) is 0 Å². The Hall–Kier alpha value is -0.630. The van der Waals surface area contributed by atoms with Crippen LogP contribution in [-0.4, -0.2) is 5.11 Å². The summed E-state index contributed by atoms with van der Waals surface area (Å²) in [7, 11) is 0. The first-order valence-corrected chi connectivity index (χ1v) is 11.2. The van der Waals surface area contributed by atoms with Gasteiger partial charge in [0.15, 0.2) is 0 Å². The third-order valence-electron chi connectivity index (χ3n) is 5.11. The molecule has 0 aromatic heterocycles. The van der Waals surface area contributed by atoms with Crippen LogP contribution in [-0.2, 0) is 0 Å². The summed E-state index contributed by atoms with van der Waals surface area (Å²) in [5.41, 5.74) is 1.22. The highest BCUT2D eigenvalue weighted by Gasteiger charge is 2.05. The summed E-state index contributed by atoms with van der Waals surface area (Å²) in [5, 5.41) is 9.63. The Kier molecular flexibility index (Phi) is 14.0. The number of phenolic OH excluding ortho intramolecular Hbond substituents is 1. The third kappa shape index (κ3) is 12.4. The molecule has 0 saturated carbocycles. The molecule has 1 rings (SSSR count). The van der Waals surface area contributed by atoms with E-state index >= 15 is 0 Å². The molecule has 1 N–H and O–H groups in total. The molecule has 1 aromatic carbocycles. The maximum atomic E-state index is 9.32. The van der Waals surface area contributed by atoms with E-state index in [0.717, 1.165) is 6.42 Å². The minimum Gasteiger partial charge on any atom is -0.508 e. The summed E-state index contributed by atoms with van der Waals surface area (Å²) in [6, 6.07) is 7.47. The van der Waals surface area contributed by atoms with Crippen LogP contribution in [0.2, 0.25) is 0 Å². The Morgan fingerprint density at radius 1 is 0.680 bits per heavy atom. The first kappa shape index (κ1) is 22.4. The molecule has 0 fully saturated rings. The summed E-state index contributed by atoms with van der Waals surface area (Å²) in [6.07, 6.45) is 20.8. The summed E-state index contributed by atoms with van der Waals surface area (Å²) in [6.45, 7) is 2.28. The van der Waals surface area contributed by atoms with E-state index in [1.54, 1.807) is 12.1 Å². The molecule has 1 nitrogen and oxygen atoms in total. The van der Waals surface area contributed by atoms with Crippen molar-refractivity contribution >= 4 is 12.6 Å². The molecule has 0 bridgehead atoms. The molecule has 144 valence electrons. The summed E-state index contributed by atoms with van der Waals surface area (Å²) < 4.78 is 0. The Morgan fingerprint density at radius 3 is 1.52 bits per heavy atom. The zero-order chi connectivity index (χ0) is 18.2. The van der Waals surface area contributed by atoms with Gasteiger partial charge in [0.25, 0.3) is 0 Å². The lowest BCUT2D eigenvalue weighted by molar-refractivity contribution is 0.475. The van der Waals surface area contributed by atoms with Crippen molar-refractivity contribution in [2.45, 2.75) is 108 Å². The van der Waals surface area contributed by atoms with Crippen LogP contribution in [0.3, 0.4) is 0 Å². The molecule has 0 amide bonds. The standard InChI is InChI=1S/C23H40OS/c1-2-3-4-5-6-7-8-9-10-11-12-13-14-15-16-23(25)21-17-19-22(24)20-18-21/h17-20,23-25H,2-16H2,1H3. The molecule has 1 aromatic rings.